The van der Waals surface area contributed by atoms with Crippen LogP contribution in [0.4, 0.5) is 0 Å². The molecule has 0 fully saturated rings. The first kappa shape index (κ1) is 13.2. The molecule has 1 heterocycles. The van der Waals surface area contributed by atoms with Crippen molar-refractivity contribution in [3.8, 4) is 34.3 Å². The summed E-state index contributed by atoms with van der Waals surface area (Å²) in [7, 11) is 0. The number of aromatic nitrogens is 2. The summed E-state index contributed by atoms with van der Waals surface area (Å²) in [5.41, 5.74) is 2.18. The molecule has 2 aromatic carbocycles. The summed E-state index contributed by atoms with van der Waals surface area (Å²) >= 11 is 0. The Balaban J connectivity index is 1.99. The fraction of sp³-hybridized carbons (Fsp3) is 0.125. The van der Waals surface area contributed by atoms with E-state index in [9.17, 15) is 10.2 Å². The minimum Gasteiger partial charge on any atom is -0.507 e. The normalized spacial score (nSPS) is 10.7. The van der Waals surface area contributed by atoms with Crippen molar-refractivity contribution in [2.45, 2.75) is 13.3 Å². The second-order valence-corrected chi connectivity index (χ2v) is 4.64. The summed E-state index contributed by atoms with van der Waals surface area (Å²) in [6.07, 6.45) is 0.962. The largest absolute Gasteiger partial charge is 0.507 e. The number of phenols is 2. The Morgan fingerprint density at radius 3 is 2.29 bits per heavy atom. The number of phenolic OH excluding ortho intramolecular Hbond substituents is 2. The van der Waals surface area contributed by atoms with E-state index in [0.29, 0.717) is 5.82 Å². The molecular weight excluding hydrogens is 268 g/mol. The first-order valence-electron chi connectivity index (χ1n) is 6.63. The van der Waals surface area contributed by atoms with Gasteiger partial charge in [0.05, 0.1) is 0 Å². The summed E-state index contributed by atoms with van der Waals surface area (Å²) in [6.45, 7) is 2.09. The molecule has 0 amide bonds. The molecule has 0 radical (unpaired) electrons. The van der Waals surface area contributed by atoms with Gasteiger partial charge in [0.15, 0.2) is 0 Å². The van der Waals surface area contributed by atoms with Gasteiger partial charge in [-0.2, -0.15) is 4.98 Å². The molecule has 0 aliphatic rings. The van der Waals surface area contributed by atoms with E-state index in [1.165, 1.54) is 23.8 Å². The maximum absolute atomic E-state index is 9.81. The Kier molecular flexibility index (Phi) is 3.31. The fourth-order valence-electron chi connectivity index (χ4n) is 2.08. The van der Waals surface area contributed by atoms with Crippen molar-refractivity contribution >= 4 is 0 Å². The van der Waals surface area contributed by atoms with E-state index < -0.39 is 0 Å². The molecule has 0 spiro atoms. The summed E-state index contributed by atoms with van der Waals surface area (Å²) in [5, 5.41) is 23.5. The molecule has 3 aromatic rings. The summed E-state index contributed by atoms with van der Waals surface area (Å²) in [6, 6.07) is 12.3. The van der Waals surface area contributed by atoms with Crippen molar-refractivity contribution in [1.82, 2.24) is 10.1 Å². The second kappa shape index (κ2) is 5.28. The molecule has 0 atom stereocenters. The van der Waals surface area contributed by atoms with Gasteiger partial charge in [0.25, 0.3) is 5.89 Å². The monoisotopic (exact) mass is 282 g/mol. The van der Waals surface area contributed by atoms with E-state index in [-0.39, 0.29) is 23.0 Å². The van der Waals surface area contributed by atoms with E-state index >= 15 is 0 Å². The van der Waals surface area contributed by atoms with E-state index in [4.69, 9.17) is 4.52 Å². The van der Waals surface area contributed by atoms with Crippen LogP contribution in [0.2, 0.25) is 0 Å². The van der Waals surface area contributed by atoms with Crippen molar-refractivity contribution in [2.75, 3.05) is 0 Å². The van der Waals surface area contributed by atoms with Crippen molar-refractivity contribution in [1.29, 1.82) is 0 Å². The van der Waals surface area contributed by atoms with Gasteiger partial charge in [-0.15, -0.1) is 0 Å². The highest BCUT2D eigenvalue weighted by molar-refractivity contribution is 5.71. The summed E-state index contributed by atoms with van der Waals surface area (Å²) < 4.78 is 5.14. The zero-order chi connectivity index (χ0) is 14.8. The Morgan fingerprint density at radius 2 is 1.67 bits per heavy atom. The van der Waals surface area contributed by atoms with Crippen LogP contribution < -0.4 is 0 Å². The van der Waals surface area contributed by atoms with Crippen LogP contribution in [-0.4, -0.2) is 20.4 Å². The lowest BCUT2D eigenvalue weighted by Gasteiger charge is -2.01. The zero-order valence-corrected chi connectivity index (χ0v) is 11.4. The number of benzene rings is 2. The standard InChI is InChI=1S/C16H14N2O3/c1-2-10-6-8-11(9-7-10)15-17-16(21-18-15)14-12(19)4-3-5-13(14)20/h3-9,19-20H,2H2,1H3. The molecule has 0 aliphatic carbocycles. The van der Waals surface area contributed by atoms with Crippen LogP contribution in [0, 0.1) is 0 Å². The molecule has 21 heavy (non-hydrogen) atoms. The zero-order valence-electron chi connectivity index (χ0n) is 11.4. The van der Waals surface area contributed by atoms with Crippen molar-refractivity contribution in [3.63, 3.8) is 0 Å². The molecule has 0 saturated carbocycles. The van der Waals surface area contributed by atoms with Crippen molar-refractivity contribution < 1.29 is 14.7 Å². The molecule has 0 aliphatic heterocycles. The average Bonchev–Trinajstić information content (AvgIpc) is 2.97. The topological polar surface area (TPSA) is 79.4 Å². The summed E-state index contributed by atoms with van der Waals surface area (Å²) in [5.74, 6) is 0.286. The third-order valence-electron chi connectivity index (χ3n) is 3.28. The van der Waals surface area contributed by atoms with Crippen LogP contribution in [-0.2, 0) is 6.42 Å². The number of hydrogen-bond donors (Lipinski definition) is 2. The third kappa shape index (κ3) is 2.45. The molecule has 1 aromatic heterocycles. The smallest absolute Gasteiger partial charge is 0.265 e. The lowest BCUT2D eigenvalue weighted by Crippen LogP contribution is -1.84. The second-order valence-electron chi connectivity index (χ2n) is 4.64. The van der Waals surface area contributed by atoms with Gasteiger partial charge in [0, 0.05) is 5.56 Å². The number of hydrogen-bond acceptors (Lipinski definition) is 5. The lowest BCUT2D eigenvalue weighted by molar-refractivity contribution is 0.416. The molecule has 5 heteroatoms. The molecule has 0 unspecified atom stereocenters. The fourth-order valence-corrected chi connectivity index (χ4v) is 2.08. The van der Waals surface area contributed by atoms with Crippen LogP contribution in [0.1, 0.15) is 12.5 Å². The molecule has 5 nitrogen and oxygen atoms in total. The number of nitrogens with zero attached hydrogens (tertiary/aromatic N) is 2. The summed E-state index contributed by atoms with van der Waals surface area (Å²) in [4.78, 5) is 4.23. The highest BCUT2D eigenvalue weighted by atomic mass is 16.5. The van der Waals surface area contributed by atoms with Gasteiger partial charge in [0.1, 0.15) is 17.1 Å². The quantitative estimate of drug-likeness (QED) is 0.769. The van der Waals surface area contributed by atoms with Gasteiger partial charge in [-0.3, -0.25) is 0 Å². The molecule has 0 bridgehead atoms. The maximum Gasteiger partial charge on any atom is 0.265 e. The predicted molar refractivity (Wildman–Crippen MR) is 77.9 cm³/mol. The Hall–Kier alpha value is -2.82. The van der Waals surface area contributed by atoms with Gasteiger partial charge in [-0.25, -0.2) is 0 Å². The van der Waals surface area contributed by atoms with E-state index in [1.54, 1.807) is 0 Å². The van der Waals surface area contributed by atoms with Crippen LogP contribution >= 0.6 is 0 Å². The van der Waals surface area contributed by atoms with E-state index in [1.807, 2.05) is 24.3 Å². The minimum atomic E-state index is -0.105. The van der Waals surface area contributed by atoms with Gasteiger partial charge >= 0.3 is 0 Å². The van der Waals surface area contributed by atoms with E-state index in [2.05, 4.69) is 17.1 Å². The van der Waals surface area contributed by atoms with Gasteiger partial charge in [0.2, 0.25) is 5.82 Å². The SMILES string of the molecule is CCc1ccc(-c2noc(-c3c(O)cccc3O)n2)cc1. The van der Waals surface area contributed by atoms with Crippen molar-refractivity contribution in [2.24, 2.45) is 0 Å². The average molecular weight is 282 g/mol. The number of aromatic hydroxyl groups is 2. The Morgan fingerprint density at radius 1 is 1.00 bits per heavy atom. The Bertz CT molecular complexity index is 743. The van der Waals surface area contributed by atoms with E-state index in [0.717, 1.165) is 12.0 Å². The minimum absolute atomic E-state index is 0.0835. The van der Waals surface area contributed by atoms with Gasteiger partial charge < -0.3 is 14.7 Å². The first-order valence-corrected chi connectivity index (χ1v) is 6.63. The molecular formula is C16H14N2O3. The molecule has 106 valence electrons. The number of aryl methyl sites for hydroxylation is 1. The van der Waals surface area contributed by atoms with Crippen LogP contribution in [0.5, 0.6) is 11.5 Å². The Labute approximate surface area is 121 Å². The predicted octanol–water partition coefficient (Wildman–Crippen LogP) is 3.38. The lowest BCUT2D eigenvalue weighted by atomic mass is 10.1. The number of rotatable bonds is 3. The van der Waals surface area contributed by atoms with Gasteiger partial charge in [-0.1, -0.05) is 42.4 Å². The highest BCUT2D eigenvalue weighted by Gasteiger charge is 2.17. The molecule has 0 saturated heterocycles. The van der Waals surface area contributed by atoms with Crippen LogP contribution in [0.15, 0.2) is 47.0 Å². The maximum atomic E-state index is 9.81. The first-order chi connectivity index (χ1) is 10.2. The van der Waals surface area contributed by atoms with Crippen LogP contribution in [0.3, 0.4) is 0 Å². The third-order valence-corrected chi connectivity index (χ3v) is 3.28. The molecule has 2 N–H and O–H groups in total. The van der Waals surface area contributed by atoms with Crippen LogP contribution in [0.25, 0.3) is 22.8 Å². The van der Waals surface area contributed by atoms with Crippen molar-refractivity contribution in [3.05, 3.63) is 48.0 Å². The highest BCUT2D eigenvalue weighted by Crippen LogP contribution is 2.36. The molecule has 3 rings (SSSR count). The van der Waals surface area contributed by atoms with Gasteiger partial charge in [-0.05, 0) is 24.1 Å².